The normalized spacial score (nSPS) is 16.7. The summed E-state index contributed by atoms with van der Waals surface area (Å²) in [5.74, 6) is -0.143. The molecule has 0 aromatic carbocycles. The third kappa shape index (κ3) is 7.56. The number of halogens is 9. The van der Waals surface area contributed by atoms with E-state index in [1.165, 1.54) is 0 Å². The molecule has 0 heterocycles. The Hall–Kier alpha value is 0.620. The van der Waals surface area contributed by atoms with Crippen molar-refractivity contribution in [3.8, 4) is 0 Å². The minimum absolute atomic E-state index is 0.143. The van der Waals surface area contributed by atoms with E-state index in [-0.39, 0.29) is 12.4 Å². The van der Waals surface area contributed by atoms with Gasteiger partial charge in [0.15, 0.2) is 4.58 Å². The highest BCUT2D eigenvalue weighted by Crippen LogP contribution is 2.62. The lowest BCUT2D eigenvalue weighted by molar-refractivity contribution is -0.0474. The maximum Gasteiger partial charge on any atom is 0.498 e. The first kappa shape index (κ1) is 26.6. The van der Waals surface area contributed by atoms with Crippen LogP contribution in [0.2, 0.25) is 0 Å². The van der Waals surface area contributed by atoms with Gasteiger partial charge >= 0.3 is 11.0 Å². The molecule has 26 heavy (non-hydrogen) atoms. The van der Waals surface area contributed by atoms with Crippen molar-refractivity contribution < 1.29 is 47.9 Å². The summed E-state index contributed by atoms with van der Waals surface area (Å²) in [5.41, 5.74) is -7.26. The zero-order valence-corrected chi connectivity index (χ0v) is 16.9. The van der Waals surface area contributed by atoms with Crippen molar-refractivity contribution in [1.82, 2.24) is 0 Å². The van der Waals surface area contributed by atoms with Crippen LogP contribution in [0.1, 0.15) is 6.42 Å². The zero-order valence-electron chi connectivity index (χ0n) is 12.2. The van der Waals surface area contributed by atoms with Crippen LogP contribution in [0.15, 0.2) is 0 Å². The van der Waals surface area contributed by atoms with Crippen molar-refractivity contribution in [3.63, 3.8) is 0 Å². The molecule has 0 saturated carbocycles. The molecule has 0 spiro atoms. The SMILES string of the molecule is NC(COCCS(Cl)(Cl)Cl)CC(S(=O)(=O)C(F)(F)F)S(=O)(=O)C(F)(F)F. The monoisotopic (exact) mass is 517 g/mol. The molecule has 0 aromatic heterocycles. The Morgan fingerprint density at radius 2 is 1.27 bits per heavy atom. The number of ether oxygens (including phenoxy) is 1. The van der Waals surface area contributed by atoms with Crippen LogP contribution in [0.5, 0.6) is 0 Å². The molecule has 0 aliphatic rings. The van der Waals surface area contributed by atoms with E-state index in [2.05, 4.69) is 0 Å². The summed E-state index contributed by atoms with van der Waals surface area (Å²) in [5, 5.41) is 0. The van der Waals surface area contributed by atoms with Crippen molar-refractivity contribution >= 4 is 59.4 Å². The summed E-state index contributed by atoms with van der Waals surface area (Å²) in [6.45, 7) is -1.07. The van der Waals surface area contributed by atoms with E-state index in [4.69, 9.17) is 42.5 Å². The standard InChI is InChI=1S/C8H12Cl3F6NO5S3/c9-24(10,11)2-1-23-4-5(18)3-6(25(19,20)7(12,13)14)26(21,22)8(15,16)17/h5-6H,1-4,18H2. The number of nitrogens with two attached hydrogens (primary N) is 1. The van der Waals surface area contributed by atoms with E-state index >= 15 is 0 Å². The average molecular weight is 519 g/mol. The molecule has 0 aliphatic heterocycles. The Kier molecular flexibility index (Phi) is 9.18. The molecule has 0 fully saturated rings. The van der Waals surface area contributed by atoms with Crippen LogP contribution in [-0.2, 0) is 24.4 Å². The molecule has 0 aliphatic carbocycles. The third-order valence-electron chi connectivity index (χ3n) is 2.62. The fraction of sp³-hybridized carbons (Fsp3) is 1.00. The van der Waals surface area contributed by atoms with Crippen LogP contribution < -0.4 is 5.73 Å². The summed E-state index contributed by atoms with van der Waals surface area (Å²) in [6, 6.07) is -1.79. The van der Waals surface area contributed by atoms with Gasteiger partial charge in [-0.1, -0.05) is 0 Å². The van der Waals surface area contributed by atoms with Crippen LogP contribution >= 0.6 is 39.7 Å². The minimum Gasteiger partial charge on any atom is -0.379 e. The number of alkyl halides is 6. The molecule has 160 valence electrons. The van der Waals surface area contributed by atoms with Gasteiger partial charge in [0, 0.05) is 11.8 Å². The zero-order chi connectivity index (χ0) is 21.2. The lowest BCUT2D eigenvalue weighted by atomic mass is 10.2. The molecule has 2 N–H and O–H groups in total. The average Bonchev–Trinajstić information content (AvgIpc) is 2.36. The molecular formula is C8H12Cl3F6NO5S3. The van der Waals surface area contributed by atoms with Crippen molar-refractivity contribution in [1.29, 1.82) is 0 Å². The molecule has 0 aromatic rings. The third-order valence-corrected chi connectivity index (χ3v) is 9.22. The van der Waals surface area contributed by atoms with Gasteiger partial charge in [-0.3, -0.25) is 0 Å². The first-order valence-electron chi connectivity index (χ1n) is 6.07. The van der Waals surface area contributed by atoms with Gasteiger partial charge in [-0.2, -0.15) is 26.3 Å². The number of hydrogen-bond donors (Lipinski definition) is 1. The summed E-state index contributed by atoms with van der Waals surface area (Å²) in [7, 11) is 0.311. The summed E-state index contributed by atoms with van der Waals surface area (Å²) in [6.07, 6.45) is -1.70. The minimum atomic E-state index is -6.73. The predicted octanol–water partition coefficient (Wildman–Crippen LogP) is 3.18. The van der Waals surface area contributed by atoms with Crippen molar-refractivity contribution in [2.45, 2.75) is 28.1 Å². The van der Waals surface area contributed by atoms with Crippen LogP contribution in [0.3, 0.4) is 0 Å². The smallest absolute Gasteiger partial charge is 0.379 e. The first-order chi connectivity index (χ1) is 11.2. The summed E-state index contributed by atoms with van der Waals surface area (Å²) in [4.78, 5) is 0. The van der Waals surface area contributed by atoms with E-state index in [9.17, 15) is 43.2 Å². The maximum atomic E-state index is 12.6. The van der Waals surface area contributed by atoms with E-state index in [0.29, 0.717) is 0 Å². The Labute approximate surface area is 159 Å². The summed E-state index contributed by atoms with van der Waals surface area (Å²) < 4.78 is 121. The molecule has 0 radical (unpaired) electrons. The van der Waals surface area contributed by atoms with Crippen molar-refractivity contribution in [3.05, 3.63) is 0 Å². The number of hydrogen-bond acceptors (Lipinski definition) is 6. The summed E-state index contributed by atoms with van der Waals surface area (Å²) >= 11 is 0. The van der Waals surface area contributed by atoms with Crippen LogP contribution in [0.4, 0.5) is 26.3 Å². The van der Waals surface area contributed by atoms with Gasteiger partial charge in [-0.15, -0.1) is 0 Å². The molecular weight excluding hydrogens is 507 g/mol. The fourth-order valence-corrected chi connectivity index (χ4v) is 5.88. The highest BCUT2D eigenvalue weighted by molar-refractivity contribution is 8.79. The molecule has 0 amide bonds. The lowest BCUT2D eigenvalue weighted by Crippen LogP contribution is -2.48. The van der Waals surface area contributed by atoms with Crippen LogP contribution in [-0.4, -0.2) is 57.4 Å². The largest absolute Gasteiger partial charge is 0.498 e. The van der Waals surface area contributed by atoms with E-state index < -0.39 is 62.0 Å². The second-order valence-corrected chi connectivity index (χ2v) is 16.8. The number of sulfone groups is 2. The Morgan fingerprint density at radius 1 is 0.885 bits per heavy atom. The van der Waals surface area contributed by atoms with Gasteiger partial charge in [0.1, 0.15) is 0 Å². The molecule has 1 atom stereocenters. The van der Waals surface area contributed by atoms with E-state index in [1.54, 1.807) is 0 Å². The highest BCUT2D eigenvalue weighted by Gasteiger charge is 2.62. The van der Waals surface area contributed by atoms with Gasteiger partial charge in [0.05, 0.1) is 13.2 Å². The molecule has 6 nitrogen and oxygen atoms in total. The topological polar surface area (TPSA) is 104 Å². The second-order valence-electron chi connectivity index (χ2n) is 4.69. The first-order valence-corrected chi connectivity index (χ1v) is 13.4. The predicted molar refractivity (Wildman–Crippen MR) is 87.2 cm³/mol. The Balaban J connectivity index is 5.42. The van der Waals surface area contributed by atoms with E-state index in [0.717, 1.165) is 0 Å². The van der Waals surface area contributed by atoms with E-state index in [1.807, 2.05) is 0 Å². The maximum absolute atomic E-state index is 12.6. The lowest BCUT2D eigenvalue weighted by Gasteiger charge is -2.23. The van der Waals surface area contributed by atoms with Crippen molar-refractivity contribution in [2.24, 2.45) is 5.73 Å². The highest BCUT2D eigenvalue weighted by atomic mass is 36.2. The Bertz CT molecular complexity index is 631. The number of rotatable bonds is 9. The van der Waals surface area contributed by atoms with Gasteiger partial charge < -0.3 is 10.5 Å². The molecule has 0 saturated heterocycles. The molecule has 0 rings (SSSR count). The Morgan fingerprint density at radius 3 is 1.58 bits per heavy atom. The fourth-order valence-electron chi connectivity index (χ4n) is 1.42. The van der Waals surface area contributed by atoms with Gasteiger partial charge in [0.2, 0.25) is 0 Å². The second kappa shape index (κ2) is 8.97. The van der Waals surface area contributed by atoms with Crippen LogP contribution in [0, 0.1) is 0 Å². The van der Waals surface area contributed by atoms with Gasteiger partial charge in [0.25, 0.3) is 19.7 Å². The van der Waals surface area contributed by atoms with Crippen LogP contribution in [0.25, 0.3) is 0 Å². The quantitative estimate of drug-likeness (QED) is 0.371. The molecule has 0 bridgehead atoms. The molecule has 1 unspecified atom stereocenters. The van der Waals surface area contributed by atoms with Gasteiger partial charge in [-0.05, 0) is 46.1 Å². The molecule has 18 heteroatoms. The van der Waals surface area contributed by atoms with Crippen molar-refractivity contribution in [2.75, 3.05) is 19.0 Å². The van der Waals surface area contributed by atoms with Gasteiger partial charge in [-0.25, -0.2) is 16.8 Å².